The van der Waals surface area contributed by atoms with E-state index in [4.69, 9.17) is 5.73 Å². The van der Waals surface area contributed by atoms with E-state index in [0.29, 0.717) is 6.54 Å². The van der Waals surface area contributed by atoms with Gasteiger partial charge >= 0.3 is 0 Å². The van der Waals surface area contributed by atoms with Crippen molar-refractivity contribution < 1.29 is 9.59 Å². The van der Waals surface area contributed by atoms with Gasteiger partial charge in [-0.1, -0.05) is 6.92 Å². The average Bonchev–Trinajstić information content (AvgIpc) is 2.22. The maximum absolute atomic E-state index is 11.9. The van der Waals surface area contributed by atoms with Crippen LogP contribution < -0.4 is 5.73 Å². The highest BCUT2D eigenvalue weighted by Gasteiger charge is 2.24. The van der Waals surface area contributed by atoms with E-state index in [1.54, 1.807) is 27.9 Å². The van der Waals surface area contributed by atoms with Gasteiger partial charge in [-0.15, -0.1) is 0 Å². The molecule has 0 heterocycles. The number of nitrogens with two attached hydrogens (primary N) is 1. The molecule has 2 atom stereocenters. The van der Waals surface area contributed by atoms with E-state index in [-0.39, 0.29) is 30.3 Å². The summed E-state index contributed by atoms with van der Waals surface area (Å²) >= 11 is 0. The second kappa shape index (κ2) is 6.48. The number of carbonyl (C=O) groups is 2. The van der Waals surface area contributed by atoms with Gasteiger partial charge in [-0.2, -0.15) is 0 Å². The molecular formula is C11H23N3O2. The van der Waals surface area contributed by atoms with Crippen LogP contribution in [0.15, 0.2) is 0 Å². The third-order valence-corrected chi connectivity index (χ3v) is 2.70. The van der Waals surface area contributed by atoms with Gasteiger partial charge in [0, 0.05) is 26.7 Å². The first-order chi connectivity index (χ1) is 7.31. The van der Waals surface area contributed by atoms with E-state index < -0.39 is 0 Å². The van der Waals surface area contributed by atoms with Crippen LogP contribution in [0.1, 0.15) is 20.8 Å². The van der Waals surface area contributed by atoms with Crippen molar-refractivity contribution in [1.82, 2.24) is 9.80 Å². The summed E-state index contributed by atoms with van der Waals surface area (Å²) in [6, 6.07) is -0.198. The summed E-state index contributed by atoms with van der Waals surface area (Å²) in [7, 11) is 3.35. The summed E-state index contributed by atoms with van der Waals surface area (Å²) in [4.78, 5) is 26.5. The standard InChI is InChI=1S/C11H23N3O2/c1-6-14(7-10(15)13(4)5)11(16)8(2)9(3)12/h8-9H,6-7,12H2,1-5H3. The molecule has 0 aliphatic rings. The zero-order valence-electron chi connectivity index (χ0n) is 10.9. The maximum atomic E-state index is 11.9. The Morgan fingerprint density at radius 3 is 2.06 bits per heavy atom. The van der Waals surface area contributed by atoms with Crippen molar-refractivity contribution in [2.45, 2.75) is 26.8 Å². The Morgan fingerprint density at radius 1 is 1.25 bits per heavy atom. The summed E-state index contributed by atoms with van der Waals surface area (Å²) in [5, 5.41) is 0. The number of nitrogens with zero attached hydrogens (tertiary/aromatic N) is 2. The van der Waals surface area contributed by atoms with Crippen molar-refractivity contribution in [1.29, 1.82) is 0 Å². The van der Waals surface area contributed by atoms with Crippen LogP contribution >= 0.6 is 0 Å². The summed E-state index contributed by atoms with van der Waals surface area (Å²) in [5.74, 6) is -0.394. The molecule has 16 heavy (non-hydrogen) atoms. The predicted octanol–water partition coefficient (Wildman–Crippen LogP) is -0.0936. The number of amides is 2. The minimum atomic E-state index is -0.255. The molecule has 0 bridgehead atoms. The molecule has 0 aliphatic heterocycles. The second-order valence-corrected chi connectivity index (χ2v) is 4.29. The molecule has 0 aromatic carbocycles. The predicted molar refractivity (Wildman–Crippen MR) is 63.8 cm³/mol. The van der Waals surface area contributed by atoms with Crippen LogP contribution in [0.4, 0.5) is 0 Å². The van der Waals surface area contributed by atoms with Gasteiger partial charge < -0.3 is 15.5 Å². The average molecular weight is 229 g/mol. The monoisotopic (exact) mass is 229 g/mol. The van der Waals surface area contributed by atoms with Crippen LogP contribution in [0.5, 0.6) is 0 Å². The highest BCUT2D eigenvalue weighted by Crippen LogP contribution is 2.06. The second-order valence-electron chi connectivity index (χ2n) is 4.29. The minimum absolute atomic E-state index is 0.0623. The van der Waals surface area contributed by atoms with Crippen molar-refractivity contribution >= 4 is 11.8 Å². The SMILES string of the molecule is CCN(CC(=O)N(C)C)C(=O)C(C)C(C)N. The van der Waals surface area contributed by atoms with Crippen LogP contribution in [-0.4, -0.2) is 54.8 Å². The molecular weight excluding hydrogens is 206 g/mol. The van der Waals surface area contributed by atoms with E-state index >= 15 is 0 Å². The Labute approximate surface area is 97.6 Å². The lowest BCUT2D eigenvalue weighted by Gasteiger charge is -2.26. The summed E-state index contributed by atoms with van der Waals surface area (Å²) < 4.78 is 0. The first kappa shape index (κ1) is 14.9. The molecule has 0 aromatic heterocycles. The Kier molecular flexibility index (Phi) is 6.03. The Bertz CT molecular complexity index is 252. The first-order valence-corrected chi connectivity index (χ1v) is 5.55. The van der Waals surface area contributed by atoms with Gasteiger partial charge in [-0.25, -0.2) is 0 Å². The highest BCUT2D eigenvalue weighted by atomic mass is 16.2. The summed E-state index contributed by atoms with van der Waals surface area (Å²) in [5.41, 5.74) is 5.68. The molecule has 2 N–H and O–H groups in total. The molecule has 94 valence electrons. The smallest absolute Gasteiger partial charge is 0.241 e. The molecule has 2 amide bonds. The molecule has 0 fully saturated rings. The van der Waals surface area contributed by atoms with Gasteiger partial charge in [0.1, 0.15) is 0 Å². The molecule has 0 rings (SSSR count). The molecule has 0 saturated carbocycles. The van der Waals surface area contributed by atoms with Crippen LogP contribution in [0.25, 0.3) is 0 Å². The number of hydrogen-bond acceptors (Lipinski definition) is 3. The number of rotatable bonds is 5. The van der Waals surface area contributed by atoms with Crippen molar-refractivity contribution in [3.8, 4) is 0 Å². The van der Waals surface area contributed by atoms with Crippen molar-refractivity contribution in [3.63, 3.8) is 0 Å². The Morgan fingerprint density at radius 2 is 1.75 bits per heavy atom. The quantitative estimate of drug-likeness (QED) is 0.716. The number of likely N-dealkylation sites (N-methyl/N-ethyl adjacent to an activating group) is 2. The highest BCUT2D eigenvalue weighted by molar-refractivity contribution is 5.85. The van der Waals surface area contributed by atoms with Crippen LogP contribution in [0.3, 0.4) is 0 Å². The van der Waals surface area contributed by atoms with E-state index in [2.05, 4.69) is 0 Å². The topological polar surface area (TPSA) is 66.6 Å². The third-order valence-electron chi connectivity index (χ3n) is 2.70. The molecule has 0 aliphatic carbocycles. The lowest BCUT2D eigenvalue weighted by molar-refractivity contribution is -0.141. The Balaban J connectivity index is 4.50. The van der Waals surface area contributed by atoms with Gasteiger partial charge in [0.2, 0.25) is 11.8 Å². The van der Waals surface area contributed by atoms with Crippen LogP contribution in [-0.2, 0) is 9.59 Å². The molecule has 2 unspecified atom stereocenters. The molecule has 0 saturated heterocycles. The molecule has 5 heteroatoms. The minimum Gasteiger partial charge on any atom is -0.347 e. The van der Waals surface area contributed by atoms with Crippen molar-refractivity contribution in [2.75, 3.05) is 27.2 Å². The molecule has 0 aromatic rings. The van der Waals surface area contributed by atoms with Gasteiger partial charge in [-0.05, 0) is 13.8 Å². The molecule has 5 nitrogen and oxygen atoms in total. The fourth-order valence-corrected chi connectivity index (χ4v) is 1.16. The van der Waals surface area contributed by atoms with Crippen LogP contribution in [0, 0.1) is 5.92 Å². The Hall–Kier alpha value is -1.10. The molecule has 0 radical (unpaired) electrons. The fraction of sp³-hybridized carbons (Fsp3) is 0.818. The van der Waals surface area contributed by atoms with E-state index in [9.17, 15) is 9.59 Å². The normalized spacial score (nSPS) is 14.1. The van der Waals surface area contributed by atoms with Gasteiger partial charge in [0.05, 0.1) is 12.5 Å². The summed E-state index contributed by atoms with van der Waals surface area (Å²) in [6.45, 7) is 6.09. The van der Waals surface area contributed by atoms with Crippen LogP contribution in [0.2, 0.25) is 0 Å². The third kappa shape index (κ3) is 4.18. The van der Waals surface area contributed by atoms with E-state index in [0.717, 1.165) is 0 Å². The van der Waals surface area contributed by atoms with Gasteiger partial charge in [0.15, 0.2) is 0 Å². The number of hydrogen-bond donors (Lipinski definition) is 1. The van der Waals surface area contributed by atoms with E-state index in [1.807, 2.05) is 6.92 Å². The zero-order valence-corrected chi connectivity index (χ0v) is 10.9. The largest absolute Gasteiger partial charge is 0.347 e. The van der Waals surface area contributed by atoms with Gasteiger partial charge in [-0.3, -0.25) is 9.59 Å². The van der Waals surface area contributed by atoms with Crippen molar-refractivity contribution in [2.24, 2.45) is 11.7 Å². The zero-order chi connectivity index (χ0) is 12.9. The fourth-order valence-electron chi connectivity index (χ4n) is 1.16. The maximum Gasteiger partial charge on any atom is 0.241 e. The molecule has 0 spiro atoms. The summed E-state index contributed by atoms with van der Waals surface area (Å²) in [6.07, 6.45) is 0. The van der Waals surface area contributed by atoms with Gasteiger partial charge in [0.25, 0.3) is 0 Å². The van der Waals surface area contributed by atoms with Crippen molar-refractivity contribution in [3.05, 3.63) is 0 Å². The lowest BCUT2D eigenvalue weighted by Crippen LogP contribution is -2.45. The first-order valence-electron chi connectivity index (χ1n) is 5.55. The van der Waals surface area contributed by atoms with E-state index in [1.165, 1.54) is 9.80 Å². The lowest BCUT2D eigenvalue weighted by atomic mass is 10.0. The number of carbonyl (C=O) groups excluding carboxylic acids is 2.